The lowest BCUT2D eigenvalue weighted by molar-refractivity contribution is 0.0663. The molecule has 3 aromatic carbocycles. The molecule has 3 rings (SSSR count). The first kappa shape index (κ1) is 30.6. The van der Waals surface area contributed by atoms with Gasteiger partial charge in [-0.15, -0.1) is 0 Å². The minimum atomic E-state index is -0.321. The van der Waals surface area contributed by atoms with E-state index < -0.39 is 0 Å². The third-order valence-corrected chi connectivity index (χ3v) is 7.36. The number of carbonyl (C=O) groups excluding carboxylic acids is 1. The van der Waals surface area contributed by atoms with Crippen LogP contribution in [0, 0.1) is 0 Å². The number of benzene rings is 3. The molecule has 3 heteroatoms. The maximum absolute atomic E-state index is 12.7. The molecule has 0 radical (unpaired) electrons. The van der Waals surface area contributed by atoms with Crippen LogP contribution in [-0.4, -0.2) is 12.6 Å². The van der Waals surface area contributed by atoms with Crippen LogP contribution in [0.25, 0.3) is 11.1 Å². The van der Waals surface area contributed by atoms with Crippen LogP contribution in [0.3, 0.4) is 0 Å². The summed E-state index contributed by atoms with van der Waals surface area (Å²) in [6.45, 7) is 7.24. The number of aryl methyl sites for hydroxylation is 1. The summed E-state index contributed by atoms with van der Waals surface area (Å²) >= 11 is 0. The van der Waals surface area contributed by atoms with Gasteiger partial charge in [0.05, 0.1) is 11.7 Å². The van der Waals surface area contributed by atoms with Crippen molar-refractivity contribution in [2.45, 2.75) is 104 Å². The van der Waals surface area contributed by atoms with Gasteiger partial charge >= 0.3 is 5.97 Å². The molecule has 0 saturated heterocycles. The van der Waals surface area contributed by atoms with Crippen LogP contribution in [0.5, 0.6) is 5.75 Å². The summed E-state index contributed by atoms with van der Waals surface area (Å²) in [5.74, 6) is 0.232. The van der Waals surface area contributed by atoms with Gasteiger partial charge < -0.3 is 9.47 Å². The highest BCUT2D eigenvalue weighted by molar-refractivity contribution is 5.91. The molecule has 1 atom stereocenters. The van der Waals surface area contributed by atoms with Crippen molar-refractivity contribution in [1.82, 2.24) is 0 Å². The monoisotopic (exact) mass is 528 g/mol. The maximum Gasteiger partial charge on any atom is 0.343 e. The van der Waals surface area contributed by atoms with Gasteiger partial charge in [-0.1, -0.05) is 120 Å². The van der Waals surface area contributed by atoms with Crippen molar-refractivity contribution < 1.29 is 14.3 Å². The van der Waals surface area contributed by atoms with Crippen molar-refractivity contribution in [3.8, 4) is 16.9 Å². The van der Waals surface area contributed by atoms with Crippen LogP contribution < -0.4 is 4.74 Å². The average molecular weight is 529 g/mol. The third-order valence-electron chi connectivity index (χ3n) is 7.36. The third kappa shape index (κ3) is 11.0. The first-order valence-corrected chi connectivity index (χ1v) is 15.2. The van der Waals surface area contributed by atoms with Crippen molar-refractivity contribution in [3.05, 3.63) is 89.5 Å². The number of carbonyl (C=O) groups is 1. The smallest absolute Gasteiger partial charge is 0.343 e. The van der Waals surface area contributed by atoms with E-state index in [-0.39, 0.29) is 12.1 Å². The number of rotatable bonds is 18. The van der Waals surface area contributed by atoms with E-state index in [1.54, 1.807) is 0 Å². The van der Waals surface area contributed by atoms with E-state index >= 15 is 0 Å². The summed E-state index contributed by atoms with van der Waals surface area (Å²) in [5.41, 5.74) is 5.25. The van der Waals surface area contributed by atoms with Crippen molar-refractivity contribution in [1.29, 1.82) is 0 Å². The molecule has 0 saturated carbocycles. The highest BCUT2D eigenvalue weighted by Crippen LogP contribution is 2.26. The molecule has 0 aliphatic carbocycles. The molecule has 3 nitrogen and oxygen atoms in total. The summed E-state index contributed by atoms with van der Waals surface area (Å²) in [6, 6.07) is 24.0. The zero-order valence-corrected chi connectivity index (χ0v) is 24.4. The molecular formula is C36H48O3. The fraction of sp³-hybridized carbons (Fsp3) is 0.472. The van der Waals surface area contributed by atoms with E-state index in [4.69, 9.17) is 9.47 Å². The van der Waals surface area contributed by atoms with E-state index in [9.17, 15) is 4.79 Å². The molecule has 210 valence electrons. The molecule has 0 fully saturated rings. The Morgan fingerprint density at radius 1 is 0.641 bits per heavy atom. The van der Waals surface area contributed by atoms with Gasteiger partial charge in [0.25, 0.3) is 0 Å². The van der Waals surface area contributed by atoms with Crippen LogP contribution in [0.15, 0.2) is 72.8 Å². The summed E-state index contributed by atoms with van der Waals surface area (Å²) in [6.07, 6.45) is 15.6. The summed E-state index contributed by atoms with van der Waals surface area (Å²) < 4.78 is 11.4. The Morgan fingerprint density at radius 3 is 1.74 bits per heavy atom. The Bertz CT molecular complexity index is 1070. The fourth-order valence-electron chi connectivity index (χ4n) is 4.84. The minimum Gasteiger partial charge on any atom is -0.423 e. The molecule has 39 heavy (non-hydrogen) atoms. The average Bonchev–Trinajstić information content (AvgIpc) is 2.97. The quantitative estimate of drug-likeness (QED) is 0.0935. The molecule has 0 aliphatic heterocycles. The lowest BCUT2D eigenvalue weighted by atomic mass is 10.0. The lowest BCUT2D eigenvalue weighted by Crippen LogP contribution is -2.08. The van der Waals surface area contributed by atoms with Gasteiger partial charge in [-0.05, 0) is 72.7 Å². The molecule has 0 N–H and O–H groups in total. The summed E-state index contributed by atoms with van der Waals surface area (Å²) in [4.78, 5) is 12.7. The molecule has 0 aliphatic rings. The Morgan fingerprint density at radius 2 is 1.18 bits per heavy atom. The standard InChI is InChI=1S/C36H48O3/c1-4-6-7-8-9-10-11-12-13-14-15-30-16-18-34(19-17-30)36(37)39-35-26-24-33(25-27-35)32-22-20-31(21-23-32)29(3)38-28-5-2/h16-27,29H,4-15,28H2,1-3H3. The summed E-state index contributed by atoms with van der Waals surface area (Å²) in [7, 11) is 0. The van der Waals surface area contributed by atoms with Crippen LogP contribution in [0.2, 0.25) is 0 Å². The van der Waals surface area contributed by atoms with Crippen molar-refractivity contribution in [2.24, 2.45) is 0 Å². The van der Waals surface area contributed by atoms with E-state index in [0.717, 1.165) is 30.6 Å². The molecule has 3 aromatic rings. The number of hydrogen-bond donors (Lipinski definition) is 0. The second kappa shape index (κ2) is 17.6. The SMILES string of the molecule is CCCCCCCCCCCCc1ccc(C(=O)Oc2ccc(-c3ccc(C(C)OCCC)cc3)cc2)cc1. The van der Waals surface area contributed by atoms with E-state index in [1.165, 1.54) is 75.3 Å². The second-order valence-corrected chi connectivity index (χ2v) is 10.7. The Kier molecular flexibility index (Phi) is 13.8. The van der Waals surface area contributed by atoms with Gasteiger partial charge in [-0.2, -0.15) is 0 Å². The Hall–Kier alpha value is -2.91. The van der Waals surface area contributed by atoms with Crippen LogP contribution in [0.4, 0.5) is 0 Å². The molecule has 0 heterocycles. The first-order chi connectivity index (χ1) is 19.1. The minimum absolute atomic E-state index is 0.0922. The Labute approximate surface area is 237 Å². The zero-order chi connectivity index (χ0) is 27.7. The van der Waals surface area contributed by atoms with Gasteiger partial charge in [0.1, 0.15) is 5.75 Å². The molecule has 1 unspecified atom stereocenters. The number of hydrogen-bond acceptors (Lipinski definition) is 3. The maximum atomic E-state index is 12.7. The van der Waals surface area contributed by atoms with E-state index in [1.807, 2.05) is 36.4 Å². The lowest BCUT2D eigenvalue weighted by Gasteiger charge is -2.13. The predicted octanol–water partition coefficient (Wildman–Crippen LogP) is 10.5. The molecule has 0 spiro atoms. The number of esters is 1. The van der Waals surface area contributed by atoms with Gasteiger partial charge in [0.15, 0.2) is 0 Å². The predicted molar refractivity (Wildman–Crippen MR) is 163 cm³/mol. The van der Waals surface area contributed by atoms with Crippen molar-refractivity contribution >= 4 is 5.97 Å². The largest absolute Gasteiger partial charge is 0.423 e. The normalized spacial score (nSPS) is 11.9. The molecular weight excluding hydrogens is 480 g/mol. The zero-order valence-electron chi connectivity index (χ0n) is 24.4. The van der Waals surface area contributed by atoms with E-state index in [0.29, 0.717) is 11.3 Å². The van der Waals surface area contributed by atoms with Gasteiger partial charge in [0, 0.05) is 6.61 Å². The van der Waals surface area contributed by atoms with Gasteiger partial charge in [-0.25, -0.2) is 4.79 Å². The van der Waals surface area contributed by atoms with Gasteiger partial charge in [0.2, 0.25) is 0 Å². The molecule has 0 amide bonds. The summed E-state index contributed by atoms with van der Waals surface area (Å²) in [5, 5.41) is 0. The highest BCUT2D eigenvalue weighted by Gasteiger charge is 2.10. The first-order valence-electron chi connectivity index (χ1n) is 15.2. The van der Waals surface area contributed by atoms with Crippen LogP contribution in [-0.2, 0) is 11.2 Å². The topological polar surface area (TPSA) is 35.5 Å². The van der Waals surface area contributed by atoms with Crippen LogP contribution >= 0.6 is 0 Å². The number of unbranched alkanes of at least 4 members (excludes halogenated alkanes) is 9. The fourth-order valence-corrected chi connectivity index (χ4v) is 4.84. The highest BCUT2D eigenvalue weighted by atomic mass is 16.5. The van der Waals surface area contributed by atoms with E-state index in [2.05, 4.69) is 57.2 Å². The van der Waals surface area contributed by atoms with Crippen molar-refractivity contribution in [3.63, 3.8) is 0 Å². The van der Waals surface area contributed by atoms with Crippen LogP contribution in [0.1, 0.15) is 119 Å². The second-order valence-electron chi connectivity index (χ2n) is 10.7. The Balaban J connectivity index is 1.39. The number of ether oxygens (including phenoxy) is 2. The molecule has 0 bridgehead atoms. The van der Waals surface area contributed by atoms with Crippen molar-refractivity contribution in [2.75, 3.05) is 6.61 Å². The molecule has 0 aromatic heterocycles. The van der Waals surface area contributed by atoms with Gasteiger partial charge in [-0.3, -0.25) is 0 Å².